The third-order valence-corrected chi connectivity index (χ3v) is 6.18. The highest BCUT2D eigenvalue weighted by Crippen LogP contribution is 2.26. The number of ether oxygens (including phenoxy) is 1. The van der Waals surface area contributed by atoms with Crippen molar-refractivity contribution in [1.29, 1.82) is 0 Å². The van der Waals surface area contributed by atoms with Gasteiger partial charge in [-0.3, -0.25) is 9.58 Å². The molecule has 1 aromatic carbocycles. The monoisotopic (exact) mass is 399 g/mol. The SMILES string of the molecule is CCCCn1cc(CN2CCCC(O)(COc3ccc(C)c(C)c3)CC2)c(C)n1. The molecule has 0 amide bonds. The highest BCUT2D eigenvalue weighted by Gasteiger charge is 2.31. The highest BCUT2D eigenvalue weighted by molar-refractivity contribution is 5.33. The minimum atomic E-state index is -0.756. The quantitative estimate of drug-likeness (QED) is 0.715. The summed E-state index contributed by atoms with van der Waals surface area (Å²) in [6.45, 7) is 12.6. The zero-order valence-corrected chi connectivity index (χ0v) is 18.6. The molecule has 1 aliphatic heterocycles. The van der Waals surface area contributed by atoms with Gasteiger partial charge in [0.25, 0.3) is 0 Å². The van der Waals surface area contributed by atoms with E-state index in [1.54, 1.807) is 0 Å². The minimum absolute atomic E-state index is 0.358. The Hall–Kier alpha value is -1.85. The molecule has 1 atom stereocenters. The molecule has 29 heavy (non-hydrogen) atoms. The molecule has 1 fully saturated rings. The van der Waals surface area contributed by atoms with Crippen molar-refractivity contribution in [3.05, 3.63) is 46.8 Å². The highest BCUT2D eigenvalue weighted by atomic mass is 16.5. The Morgan fingerprint density at radius 1 is 1.14 bits per heavy atom. The maximum absolute atomic E-state index is 11.1. The zero-order chi connectivity index (χ0) is 20.9. The van der Waals surface area contributed by atoms with Gasteiger partial charge in [-0.25, -0.2) is 0 Å². The van der Waals surface area contributed by atoms with Crippen LogP contribution in [0.5, 0.6) is 5.75 Å². The first kappa shape index (κ1) is 21.8. The van der Waals surface area contributed by atoms with E-state index in [0.717, 1.165) is 63.3 Å². The first-order valence-corrected chi connectivity index (χ1v) is 11.1. The number of nitrogens with zero attached hydrogens (tertiary/aromatic N) is 3. The number of hydrogen-bond donors (Lipinski definition) is 1. The van der Waals surface area contributed by atoms with Gasteiger partial charge < -0.3 is 9.84 Å². The third kappa shape index (κ3) is 6.06. The molecule has 1 aliphatic rings. The summed E-state index contributed by atoms with van der Waals surface area (Å²) < 4.78 is 8.05. The van der Waals surface area contributed by atoms with Crippen LogP contribution in [-0.2, 0) is 13.1 Å². The fourth-order valence-corrected chi connectivity index (χ4v) is 3.95. The van der Waals surface area contributed by atoms with Gasteiger partial charge in [-0.05, 0) is 76.3 Å². The number of hydrogen-bond acceptors (Lipinski definition) is 4. The number of likely N-dealkylation sites (tertiary alicyclic amines) is 1. The second-order valence-corrected chi connectivity index (χ2v) is 8.75. The summed E-state index contributed by atoms with van der Waals surface area (Å²) in [7, 11) is 0. The minimum Gasteiger partial charge on any atom is -0.491 e. The lowest BCUT2D eigenvalue weighted by atomic mass is 9.96. The third-order valence-electron chi connectivity index (χ3n) is 6.18. The summed E-state index contributed by atoms with van der Waals surface area (Å²) in [5.41, 5.74) is 4.15. The summed E-state index contributed by atoms with van der Waals surface area (Å²) in [6, 6.07) is 6.13. The van der Waals surface area contributed by atoms with Crippen LogP contribution >= 0.6 is 0 Å². The van der Waals surface area contributed by atoms with Gasteiger partial charge in [0.15, 0.2) is 0 Å². The Kier molecular flexibility index (Phi) is 7.36. The summed E-state index contributed by atoms with van der Waals surface area (Å²) in [4.78, 5) is 2.45. The predicted molar refractivity (Wildman–Crippen MR) is 117 cm³/mol. The van der Waals surface area contributed by atoms with E-state index >= 15 is 0 Å². The normalized spacial score (nSPS) is 20.6. The molecule has 1 saturated heterocycles. The summed E-state index contributed by atoms with van der Waals surface area (Å²) in [5, 5.41) is 15.8. The van der Waals surface area contributed by atoms with Crippen LogP contribution in [0.3, 0.4) is 0 Å². The summed E-state index contributed by atoms with van der Waals surface area (Å²) in [5.74, 6) is 0.845. The van der Waals surface area contributed by atoms with E-state index in [4.69, 9.17) is 4.74 Å². The molecule has 1 N–H and O–H groups in total. The number of benzene rings is 1. The maximum Gasteiger partial charge on any atom is 0.119 e. The fourth-order valence-electron chi connectivity index (χ4n) is 3.95. The van der Waals surface area contributed by atoms with Crippen LogP contribution in [-0.4, -0.2) is 45.1 Å². The second kappa shape index (κ2) is 9.77. The van der Waals surface area contributed by atoms with Crippen LogP contribution in [0.2, 0.25) is 0 Å². The van der Waals surface area contributed by atoms with Crippen molar-refractivity contribution in [3.63, 3.8) is 0 Å². The molecular weight excluding hydrogens is 362 g/mol. The predicted octanol–water partition coefficient (Wildman–Crippen LogP) is 4.40. The van der Waals surface area contributed by atoms with Crippen molar-refractivity contribution < 1.29 is 9.84 Å². The van der Waals surface area contributed by atoms with Crippen LogP contribution in [0, 0.1) is 20.8 Å². The number of unbranched alkanes of at least 4 members (excludes halogenated alkanes) is 1. The van der Waals surface area contributed by atoms with Crippen LogP contribution in [0.25, 0.3) is 0 Å². The molecule has 2 aromatic rings. The van der Waals surface area contributed by atoms with E-state index in [-0.39, 0.29) is 0 Å². The maximum atomic E-state index is 11.1. The van der Waals surface area contributed by atoms with Crippen LogP contribution < -0.4 is 4.74 Å². The lowest BCUT2D eigenvalue weighted by Gasteiger charge is -2.27. The largest absolute Gasteiger partial charge is 0.491 e. The molecule has 2 heterocycles. The van der Waals surface area contributed by atoms with E-state index < -0.39 is 5.60 Å². The fraction of sp³-hybridized carbons (Fsp3) is 0.625. The molecule has 160 valence electrons. The molecule has 1 unspecified atom stereocenters. The Morgan fingerprint density at radius 2 is 1.97 bits per heavy atom. The van der Waals surface area contributed by atoms with Gasteiger partial charge in [0.05, 0.1) is 11.3 Å². The smallest absolute Gasteiger partial charge is 0.119 e. The van der Waals surface area contributed by atoms with Crippen molar-refractivity contribution in [2.45, 2.75) is 78.5 Å². The molecule has 0 aliphatic carbocycles. The van der Waals surface area contributed by atoms with Gasteiger partial charge >= 0.3 is 0 Å². The van der Waals surface area contributed by atoms with Crippen molar-refractivity contribution in [2.24, 2.45) is 0 Å². The second-order valence-electron chi connectivity index (χ2n) is 8.75. The average Bonchev–Trinajstić information content (AvgIpc) is 2.93. The van der Waals surface area contributed by atoms with Crippen LogP contribution in [0.4, 0.5) is 0 Å². The van der Waals surface area contributed by atoms with Gasteiger partial charge in [0, 0.05) is 31.4 Å². The van der Waals surface area contributed by atoms with Gasteiger partial charge in [-0.2, -0.15) is 5.10 Å². The van der Waals surface area contributed by atoms with Crippen molar-refractivity contribution in [2.75, 3.05) is 19.7 Å². The molecule has 0 radical (unpaired) electrons. The Labute approximate surface area is 175 Å². The first-order chi connectivity index (χ1) is 13.9. The average molecular weight is 400 g/mol. The van der Waals surface area contributed by atoms with Crippen molar-refractivity contribution in [3.8, 4) is 5.75 Å². The summed E-state index contributed by atoms with van der Waals surface area (Å²) >= 11 is 0. The van der Waals surface area contributed by atoms with E-state index in [2.05, 4.69) is 60.7 Å². The Morgan fingerprint density at radius 3 is 2.72 bits per heavy atom. The Balaban J connectivity index is 1.54. The lowest BCUT2D eigenvalue weighted by molar-refractivity contribution is -0.0168. The first-order valence-electron chi connectivity index (χ1n) is 11.1. The van der Waals surface area contributed by atoms with Gasteiger partial charge in [0.1, 0.15) is 12.4 Å². The topological polar surface area (TPSA) is 50.5 Å². The lowest BCUT2D eigenvalue weighted by Crippen LogP contribution is -2.37. The number of aromatic nitrogens is 2. The molecule has 0 bridgehead atoms. The Bertz CT molecular complexity index is 801. The van der Waals surface area contributed by atoms with Crippen molar-refractivity contribution >= 4 is 0 Å². The van der Waals surface area contributed by atoms with E-state index in [9.17, 15) is 5.11 Å². The molecule has 3 rings (SSSR count). The molecule has 5 heteroatoms. The zero-order valence-electron chi connectivity index (χ0n) is 18.6. The molecule has 5 nitrogen and oxygen atoms in total. The van der Waals surface area contributed by atoms with E-state index in [1.165, 1.54) is 23.1 Å². The number of aryl methyl sites for hydroxylation is 4. The van der Waals surface area contributed by atoms with Gasteiger partial charge in [0.2, 0.25) is 0 Å². The molecular formula is C24H37N3O2. The number of rotatable bonds is 8. The van der Waals surface area contributed by atoms with Crippen LogP contribution in [0.1, 0.15) is 61.4 Å². The molecule has 0 spiro atoms. The van der Waals surface area contributed by atoms with E-state index in [0.29, 0.717) is 6.61 Å². The van der Waals surface area contributed by atoms with Gasteiger partial charge in [-0.1, -0.05) is 19.4 Å². The van der Waals surface area contributed by atoms with Crippen molar-refractivity contribution in [1.82, 2.24) is 14.7 Å². The standard InChI is InChI=1S/C24H37N3O2/c1-5-6-13-27-17-22(21(4)25-27)16-26-12-7-10-24(28,11-14-26)18-29-23-9-8-19(2)20(3)15-23/h8-9,15,17,28H,5-7,10-14,16,18H2,1-4H3. The van der Waals surface area contributed by atoms with Gasteiger partial charge in [-0.15, -0.1) is 0 Å². The van der Waals surface area contributed by atoms with Crippen LogP contribution in [0.15, 0.2) is 24.4 Å². The number of aliphatic hydroxyl groups is 1. The molecule has 1 aromatic heterocycles. The summed E-state index contributed by atoms with van der Waals surface area (Å²) in [6.07, 6.45) is 7.05. The van der Waals surface area contributed by atoms with E-state index in [1.807, 2.05) is 6.07 Å². The molecule has 0 saturated carbocycles.